The largest absolute Gasteiger partial charge is 0.481 e. The minimum atomic E-state index is 0.0970. The van der Waals surface area contributed by atoms with Crippen LogP contribution in [0.1, 0.15) is 13.8 Å². The fourth-order valence-corrected chi connectivity index (χ4v) is 3.00. The number of nitrogens with zero attached hydrogens (tertiary/aromatic N) is 3. The van der Waals surface area contributed by atoms with Crippen LogP contribution >= 0.6 is 27.7 Å². The van der Waals surface area contributed by atoms with E-state index in [1.165, 1.54) is 11.8 Å². The molecule has 0 saturated heterocycles. The Morgan fingerprint density at radius 3 is 2.24 bits per heavy atom. The van der Waals surface area contributed by atoms with E-state index in [-0.39, 0.29) is 5.25 Å². The summed E-state index contributed by atoms with van der Waals surface area (Å²) in [4.78, 5) is 8.72. The average Bonchev–Trinajstić information content (AvgIpc) is 2.62. The lowest BCUT2D eigenvalue weighted by Gasteiger charge is -2.15. The summed E-state index contributed by atoms with van der Waals surface area (Å²) in [5, 5.41) is 5.03. The molecular formula is C17H21BrN4O2S. The SMILES string of the molecule is COc1cc(OC)nc(SC(C=NNc2ccc(Br)cc2)C(C)C)n1. The van der Waals surface area contributed by atoms with Gasteiger partial charge in [-0.15, -0.1) is 0 Å². The summed E-state index contributed by atoms with van der Waals surface area (Å²) in [5.74, 6) is 1.30. The number of hydrogen-bond acceptors (Lipinski definition) is 7. The van der Waals surface area contributed by atoms with Crippen LogP contribution in [0.3, 0.4) is 0 Å². The molecule has 0 spiro atoms. The fraction of sp³-hybridized carbons (Fsp3) is 0.353. The van der Waals surface area contributed by atoms with Gasteiger partial charge in [-0.2, -0.15) is 15.1 Å². The van der Waals surface area contributed by atoms with Crippen molar-refractivity contribution in [2.75, 3.05) is 19.6 Å². The first-order chi connectivity index (χ1) is 12.0. The van der Waals surface area contributed by atoms with Gasteiger partial charge in [0.15, 0.2) is 5.16 Å². The zero-order valence-corrected chi connectivity index (χ0v) is 17.0. The van der Waals surface area contributed by atoms with Gasteiger partial charge in [0.05, 0.1) is 31.2 Å². The molecule has 0 fully saturated rings. The smallest absolute Gasteiger partial charge is 0.220 e. The molecule has 134 valence electrons. The van der Waals surface area contributed by atoms with E-state index >= 15 is 0 Å². The quantitative estimate of drug-likeness (QED) is 0.291. The predicted molar refractivity (Wildman–Crippen MR) is 106 cm³/mol. The molecule has 25 heavy (non-hydrogen) atoms. The average molecular weight is 425 g/mol. The standard InChI is InChI=1S/C17H21BrN4O2S/c1-11(2)14(10-19-22-13-7-5-12(18)6-8-13)25-17-20-15(23-3)9-16(21-17)24-4/h5-11,14,22H,1-4H3. The molecule has 0 radical (unpaired) electrons. The van der Waals surface area contributed by atoms with Gasteiger partial charge in [-0.05, 0) is 30.2 Å². The number of hydrogen-bond donors (Lipinski definition) is 1. The lowest BCUT2D eigenvalue weighted by atomic mass is 10.1. The molecule has 1 aromatic carbocycles. The lowest BCUT2D eigenvalue weighted by molar-refractivity contribution is 0.364. The van der Waals surface area contributed by atoms with Crippen molar-refractivity contribution in [2.45, 2.75) is 24.3 Å². The first-order valence-electron chi connectivity index (χ1n) is 7.70. The number of methoxy groups -OCH3 is 2. The maximum atomic E-state index is 5.19. The molecule has 2 rings (SSSR count). The van der Waals surface area contributed by atoms with Gasteiger partial charge in [0.1, 0.15) is 0 Å². The summed E-state index contributed by atoms with van der Waals surface area (Å²) in [6, 6.07) is 9.48. The van der Waals surface area contributed by atoms with Crippen LogP contribution in [0.15, 0.2) is 45.1 Å². The Kier molecular flexibility index (Phi) is 7.52. The van der Waals surface area contributed by atoms with Crippen LogP contribution in [0.25, 0.3) is 0 Å². The highest BCUT2D eigenvalue weighted by atomic mass is 79.9. The Balaban J connectivity index is 2.07. The van der Waals surface area contributed by atoms with E-state index in [9.17, 15) is 0 Å². The van der Waals surface area contributed by atoms with Crippen LogP contribution in [-0.4, -0.2) is 35.7 Å². The zero-order valence-electron chi connectivity index (χ0n) is 14.6. The second kappa shape index (κ2) is 9.62. The van der Waals surface area contributed by atoms with Crippen molar-refractivity contribution in [1.82, 2.24) is 9.97 Å². The van der Waals surface area contributed by atoms with Crippen LogP contribution in [0.5, 0.6) is 11.8 Å². The molecule has 1 atom stereocenters. The molecule has 0 aliphatic rings. The van der Waals surface area contributed by atoms with Gasteiger partial charge in [-0.1, -0.05) is 41.5 Å². The highest BCUT2D eigenvalue weighted by Gasteiger charge is 2.16. The Bertz CT molecular complexity index is 688. The number of ether oxygens (including phenoxy) is 2. The molecule has 1 unspecified atom stereocenters. The summed E-state index contributed by atoms with van der Waals surface area (Å²) in [6.07, 6.45) is 1.87. The molecule has 1 heterocycles. The number of aromatic nitrogens is 2. The van der Waals surface area contributed by atoms with Crippen molar-refractivity contribution in [1.29, 1.82) is 0 Å². The van der Waals surface area contributed by atoms with Crippen molar-refractivity contribution < 1.29 is 9.47 Å². The van der Waals surface area contributed by atoms with E-state index in [0.29, 0.717) is 22.8 Å². The third-order valence-corrected chi connectivity index (χ3v) is 5.10. The highest BCUT2D eigenvalue weighted by Crippen LogP contribution is 2.28. The number of thioether (sulfide) groups is 1. The van der Waals surface area contributed by atoms with Crippen LogP contribution in [0.2, 0.25) is 0 Å². The van der Waals surface area contributed by atoms with Crippen LogP contribution < -0.4 is 14.9 Å². The molecule has 0 amide bonds. The Hall–Kier alpha value is -1.80. The Morgan fingerprint density at radius 1 is 1.12 bits per heavy atom. The number of benzene rings is 1. The molecule has 0 saturated carbocycles. The van der Waals surface area contributed by atoms with E-state index in [1.807, 2.05) is 30.5 Å². The van der Waals surface area contributed by atoms with Gasteiger partial charge in [-0.25, -0.2) is 0 Å². The number of anilines is 1. The zero-order chi connectivity index (χ0) is 18.2. The molecule has 0 aliphatic heterocycles. The maximum Gasteiger partial charge on any atom is 0.220 e. The van der Waals surface area contributed by atoms with E-state index < -0.39 is 0 Å². The third-order valence-electron chi connectivity index (χ3n) is 3.23. The third kappa shape index (κ3) is 6.21. The van der Waals surface area contributed by atoms with Gasteiger partial charge in [0.25, 0.3) is 0 Å². The molecule has 1 N–H and O–H groups in total. The maximum absolute atomic E-state index is 5.19. The number of halogens is 1. The molecule has 2 aromatic rings. The molecule has 8 heteroatoms. The normalized spacial score (nSPS) is 12.4. The van der Waals surface area contributed by atoms with Crippen LogP contribution in [0, 0.1) is 5.92 Å². The minimum Gasteiger partial charge on any atom is -0.481 e. The van der Waals surface area contributed by atoms with E-state index in [2.05, 4.69) is 50.3 Å². The van der Waals surface area contributed by atoms with Gasteiger partial charge < -0.3 is 9.47 Å². The van der Waals surface area contributed by atoms with Gasteiger partial charge in [0, 0.05) is 10.7 Å². The Morgan fingerprint density at radius 2 is 1.72 bits per heavy atom. The minimum absolute atomic E-state index is 0.0970. The van der Waals surface area contributed by atoms with E-state index in [4.69, 9.17) is 9.47 Å². The first-order valence-corrected chi connectivity index (χ1v) is 9.37. The van der Waals surface area contributed by atoms with Crippen molar-refractivity contribution in [3.63, 3.8) is 0 Å². The molecule has 0 bridgehead atoms. The van der Waals surface area contributed by atoms with Crippen molar-refractivity contribution in [3.05, 3.63) is 34.8 Å². The Labute approximate surface area is 160 Å². The molecule has 6 nitrogen and oxygen atoms in total. The second-order valence-corrected chi connectivity index (χ2v) is 7.52. The summed E-state index contributed by atoms with van der Waals surface area (Å²) in [6.45, 7) is 4.25. The van der Waals surface area contributed by atoms with E-state index in [0.717, 1.165) is 10.2 Å². The second-order valence-electron chi connectivity index (χ2n) is 5.46. The van der Waals surface area contributed by atoms with Crippen molar-refractivity contribution >= 4 is 39.6 Å². The topological polar surface area (TPSA) is 68.6 Å². The van der Waals surface area contributed by atoms with Gasteiger partial charge in [0.2, 0.25) is 11.8 Å². The van der Waals surface area contributed by atoms with Crippen molar-refractivity contribution in [2.24, 2.45) is 11.0 Å². The highest BCUT2D eigenvalue weighted by molar-refractivity contribution is 9.10. The fourth-order valence-electron chi connectivity index (χ4n) is 1.82. The molecular weight excluding hydrogens is 404 g/mol. The number of rotatable bonds is 8. The molecule has 1 aromatic heterocycles. The monoisotopic (exact) mass is 424 g/mol. The summed E-state index contributed by atoms with van der Waals surface area (Å²) in [7, 11) is 3.14. The number of nitrogens with one attached hydrogen (secondary N) is 1. The number of hydrazone groups is 1. The predicted octanol–water partition coefficient (Wildman–Crippen LogP) is 4.47. The summed E-state index contributed by atoms with van der Waals surface area (Å²) >= 11 is 4.93. The summed E-state index contributed by atoms with van der Waals surface area (Å²) < 4.78 is 11.4. The molecule has 0 aliphatic carbocycles. The van der Waals surface area contributed by atoms with Crippen LogP contribution in [0.4, 0.5) is 5.69 Å². The van der Waals surface area contributed by atoms with Gasteiger partial charge in [-0.3, -0.25) is 5.43 Å². The lowest BCUT2D eigenvalue weighted by Crippen LogP contribution is -2.14. The van der Waals surface area contributed by atoms with Crippen molar-refractivity contribution in [3.8, 4) is 11.8 Å². The van der Waals surface area contributed by atoms with E-state index in [1.54, 1.807) is 20.3 Å². The van der Waals surface area contributed by atoms with Crippen LogP contribution in [-0.2, 0) is 0 Å². The first kappa shape index (κ1) is 19.5. The summed E-state index contributed by atoms with van der Waals surface area (Å²) in [5.41, 5.74) is 3.96. The van der Waals surface area contributed by atoms with Gasteiger partial charge >= 0.3 is 0 Å².